The Labute approximate surface area is 105 Å². The average molecular weight is 246 g/mol. The van der Waals surface area contributed by atoms with E-state index in [1.807, 2.05) is 25.1 Å². The SMILES string of the molecule is Cc1cc(N)ccc1-c1ccc(N)cc1OCF. The Balaban J connectivity index is 2.55. The maximum absolute atomic E-state index is 12.4. The van der Waals surface area contributed by atoms with Crippen LogP contribution in [0.3, 0.4) is 0 Å². The van der Waals surface area contributed by atoms with Crippen molar-refractivity contribution < 1.29 is 9.13 Å². The summed E-state index contributed by atoms with van der Waals surface area (Å²) in [5, 5.41) is 0. The first-order valence-corrected chi connectivity index (χ1v) is 5.56. The van der Waals surface area contributed by atoms with Crippen LogP contribution in [-0.2, 0) is 0 Å². The zero-order chi connectivity index (χ0) is 13.1. The van der Waals surface area contributed by atoms with Crippen molar-refractivity contribution in [3.8, 4) is 16.9 Å². The molecule has 0 saturated carbocycles. The third-order valence-corrected chi connectivity index (χ3v) is 2.76. The van der Waals surface area contributed by atoms with Gasteiger partial charge in [-0.15, -0.1) is 0 Å². The molecule has 0 aliphatic carbocycles. The monoisotopic (exact) mass is 246 g/mol. The first kappa shape index (κ1) is 12.2. The summed E-state index contributed by atoms with van der Waals surface area (Å²) in [7, 11) is 0. The highest BCUT2D eigenvalue weighted by Crippen LogP contribution is 2.34. The number of anilines is 2. The van der Waals surface area contributed by atoms with Crippen LogP contribution >= 0.6 is 0 Å². The van der Waals surface area contributed by atoms with Crippen LogP contribution in [0.15, 0.2) is 36.4 Å². The quantitative estimate of drug-likeness (QED) is 0.818. The molecule has 0 unspecified atom stereocenters. The fourth-order valence-electron chi connectivity index (χ4n) is 1.93. The van der Waals surface area contributed by atoms with Gasteiger partial charge < -0.3 is 16.2 Å². The Morgan fingerprint density at radius 3 is 2.22 bits per heavy atom. The molecule has 4 N–H and O–H groups in total. The molecule has 0 aromatic heterocycles. The average Bonchev–Trinajstić information content (AvgIpc) is 2.31. The summed E-state index contributed by atoms with van der Waals surface area (Å²) in [6, 6.07) is 10.8. The lowest BCUT2D eigenvalue weighted by Gasteiger charge is -2.12. The number of ether oxygens (including phenoxy) is 1. The molecule has 4 heteroatoms. The molecular formula is C14H15FN2O. The van der Waals surface area contributed by atoms with Crippen LogP contribution in [0.1, 0.15) is 5.56 Å². The maximum atomic E-state index is 12.4. The molecule has 0 saturated heterocycles. The van der Waals surface area contributed by atoms with Crippen LogP contribution in [0.5, 0.6) is 5.75 Å². The highest BCUT2D eigenvalue weighted by atomic mass is 19.1. The number of hydrogen-bond acceptors (Lipinski definition) is 3. The van der Waals surface area contributed by atoms with E-state index < -0.39 is 6.86 Å². The van der Waals surface area contributed by atoms with Gasteiger partial charge in [0.25, 0.3) is 0 Å². The molecular weight excluding hydrogens is 231 g/mol. The fraction of sp³-hybridized carbons (Fsp3) is 0.143. The van der Waals surface area contributed by atoms with Gasteiger partial charge in [0.2, 0.25) is 6.86 Å². The van der Waals surface area contributed by atoms with Crippen molar-refractivity contribution in [1.82, 2.24) is 0 Å². The van der Waals surface area contributed by atoms with Crippen LogP contribution in [0.25, 0.3) is 11.1 Å². The predicted octanol–water partition coefficient (Wildman–Crippen LogP) is 3.13. The van der Waals surface area contributed by atoms with Gasteiger partial charge in [0.15, 0.2) is 0 Å². The van der Waals surface area contributed by atoms with Crippen molar-refractivity contribution in [2.24, 2.45) is 0 Å². The molecule has 94 valence electrons. The lowest BCUT2D eigenvalue weighted by Crippen LogP contribution is -1.96. The molecule has 0 amide bonds. The van der Waals surface area contributed by atoms with Crippen molar-refractivity contribution in [2.75, 3.05) is 18.3 Å². The minimum absolute atomic E-state index is 0.436. The number of benzene rings is 2. The Hall–Kier alpha value is -2.23. The Kier molecular flexibility index (Phi) is 3.37. The second-order valence-corrected chi connectivity index (χ2v) is 4.08. The zero-order valence-corrected chi connectivity index (χ0v) is 10.1. The normalized spacial score (nSPS) is 10.3. The van der Waals surface area contributed by atoms with Gasteiger partial charge in [0.05, 0.1) is 0 Å². The molecule has 0 bridgehead atoms. The highest BCUT2D eigenvalue weighted by molar-refractivity contribution is 5.76. The Bertz CT molecular complexity index is 570. The summed E-state index contributed by atoms with van der Waals surface area (Å²) >= 11 is 0. The van der Waals surface area contributed by atoms with Gasteiger partial charge >= 0.3 is 0 Å². The van der Waals surface area contributed by atoms with E-state index in [1.165, 1.54) is 0 Å². The first-order chi connectivity index (χ1) is 8.61. The summed E-state index contributed by atoms with van der Waals surface area (Å²) in [6.07, 6.45) is 0. The van der Waals surface area contributed by atoms with Crippen LogP contribution in [0.4, 0.5) is 15.8 Å². The molecule has 2 aromatic carbocycles. The van der Waals surface area contributed by atoms with E-state index in [9.17, 15) is 4.39 Å². The van der Waals surface area contributed by atoms with Gasteiger partial charge in [-0.05, 0) is 42.3 Å². The zero-order valence-electron chi connectivity index (χ0n) is 10.1. The maximum Gasteiger partial charge on any atom is 0.228 e. The van der Waals surface area contributed by atoms with E-state index in [0.29, 0.717) is 17.1 Å². The van der Waals surface area contributed by atoms with Gasteiger partial charge in [0.1, 0.15) is 5.75 Å². The van der Waals surface area contributed by atoms with E-state index in [2.05, 4.69) is 0 Å². The highest BCUT2D eigenvalue weighted by Gasteiger charge is 2.09. The summed E-state index contributed by atoms with van der Waals surface area (Å²) < 4.78 is 17.4. The van der Waals surface area contributed by atoms with Gasteiger partial charge in [-0.3, -0.25) is 0 Å². The topological polar surface area (TPSA) is 61.3 Å². The van der Waals surface area contributed by atoms with Crippen LogP contribution in [-0.4, -0.2) is 6.86 Å². The van der Waals surface area contributed by atoms with E-state index in [-0.39, 0.29) is 0 Å². The van der Waals surface area contributed by atoms with Crippen molar-refractivity contribution in [1.29, 1.82) is 0 Å². The van der Waals surface area contributed by atoms with Crippen molar-refractivity contribution in [3.05, 3.63) is 42.0 Å². The number of nitrogen functional groups attached to an aromatic ring is 2. The molecule has 2 aromatic rings. The van der Waals surface area contributed by atoms with E-state index in [1.54, 1.807) is 18.2 Å². The Morgan fingerprint density at radius 1 is 1.00 bits per heavy atom. The fourth-order valence-corrected chi connectivity index (χ4v) is 1.93. The molecule has 0 fully saturated rings. The molecule has 0 atom stereocenters. The first-order valence-electron chi connectivity index (χ1n) is 5.56. The van der Waals surface area contributed by atoms with E-state index >= 15 is 0 Å². The van der Waals surface area contributed by atoms with Gasteiger partial charge in [0, 0.05) is 23.0 Å². The van der Waals surface area contributed by atoms with Crippen molar-refractivity contribution in [3.63, 3.8) is 0 Å². The Morgan fingerprint density at radius 2 is 1.61 bits per heavy atom. The standard InChI is InChI=1S/C14H15FN2O/c1-9-6-10(16)2-4-12(9)13-5-3-11(17)7-14(13)18-8-15/h2-7H,8,16-17H2,1H3. The number of alkyl halides is 1. The molecule has 0 radical (unpaired) electrons. The largest absolute Gasteiger partial charge is 0.462 e. The molecule has 0 heterocycles. The van der Waals surface area contributed by atoms with Gasteiger partial charge in [-0.2, -0.15) is 0 Å². The lowest BCUT2D eigenvalue weighted by atomic mass is 9.99. The third-order valence-electron chi connectivity index (χ3n) is 2.76. The van der Waals surface area contributed by atoms with Gasteiger partial charge in [-0.25, -0.2) is 4.39 Å². The number of halogens is 1. The second-order valence-electron chi connectivity index (χ2n) is 4.08. The molecule has 0 aliphatic rings. The molecule has 2 rings (SSSR count). The summed E-state index contributed by atoms with van der Waals surface area (Å²) in [4.78, 5) is 0. The summed E-state index contributed by atoms with van der Waals surface area (Å²) in [5.74, 6) is 0.436. The van der Waals surface area contributed by atoms with Crippen LogP contribution in [0.2, 0.25) is 0 Å². The summed E-state index contributed by atoms with van der Waals surface area (Å²) in [5.41, 5.74) is 15.4. The molecule has 18 heavy (non-hydrogen) atoms. The smallest absolute Gasteiger partial charge is 0.228 e. The lowest BCUT2D eigenvalue weighted by molar-refractivity contribution is 0.192. The van der Waals surface area contributed by atoms with E-state index in [4.69, 9.17) is 16.2 Å². The van der Waals surface area contributed by atoms with Crippen LogP contribution in [0, 0.1) is 6.92 Å². The van der Waals surface area contributed by atoms with E-state index in [0.717, 1.165) is 16.7 Å². The number of aryl methyl sites for hydroxylation is 1. The molecule has 0 aliphatic heterocycles. The van der Waals surface area contributed by atoms with Crippen LogP contribution < -0.4 is 16.2 Å². The number of nitrogens with two attached hydrogens (primary N) is 2. The second kappa shape index (κ2) is 4.96. The van der Waals surface area contributed by atoms with Crippen molar-refractivity contribution >= 4 is 11.4 Å². The van der Waals surface area contributed by atoms with Gasteiger partial charge in [-0.1, -0.05) is 6.07 Å². The summed E-state index contributed by atoms with van der Waals surface area (Å²) in [6.45, 7) is 1.06. The predicted molar refractivity (Wildman–Crippen MR) is 72.0 cm³/mol. The molecule has 3 nitrogen and oxygen atoms in total. The third kappa shape index (κ3) is 2.37. The van der Waals surface area contributed by atoms with Crippen molar-refractivity contribution in [2.45, 2.75) is 6.92 Å². The number of hydrogen-bond donors (Lipinski definition) is 2. The minimum atomic E-state index is -0.884. The molecule has 0 spiro atoms. The minimum Gasteiger partial charge on any atom is -0.462 e. The number of rotatable bonds is 3.